The number of H-pyrrole nitrogens is 1. The second-order valence-corrected chi connectivity index (χ2v) is 5.31. The van der Waals surface area contributed by atoms with Gasteiger partial charge in [0.05, 0.1) is 0 Å². The number of hydrogen-bond donors (Lipinski definition) is 4. The van der Waals surface area contributed by atoms with Gasteiger partial charge in [-0.3, -0.25) is 5.10 Å². The van der Waals surface area contributed by atoms with E-state index in [4.69, 9.17) is 5.11 Å². The van der Waals surface area contributed by atoms with E-state index >= 15 is 0 Å². The summed E-state index contributed by atoms with van der Waals surface area (Å²) in [4.78, 5) is 15.9. The highest BCUT2D eigenvalue weighted by Gasteiger charge is 2.13. The number of benzene rings is 1. The Labute approximate surface area is 129 Å². The van der Waals surface area contributed by atoms with Gasteiger partial charge in [0.2, 0.25) is 0 Å². The van der Waals surface area contributed by atoms with Gasteiger partial charge < -0.3 is 15.7 Å². The number of urea groups is 1. The highest BCUT2D eigenvalue weighted by Crippen LogP contribution is 2.15. The Morgan fingerprint density at radius 3 is 2.91 bits per heavy atom. The maximum atomic E-state index is 11.8. The molecule has 0 spiro atoms. The lowest BCUT2D eigenvalue weighted by molar-refractivity contribution is 0.200. The molecule has 0 aliphatic heterocycles. The molecule has 0 aliphatic rings. The highest BCUT2D eigenvalue weighted by molar-refractivity contribution is 5.74. The molecule has 0 fully saturated rings. The van der Waals surface area contributed by atoms with Crippen LogP contribution in [0.4, 0.5) is 4.79 Å². The van der Waals surface area contributed by atoms with Crippen LogP contribution in [0.15, 0.2) is 30.6 Å². The fraction of sp³-hybridized carbons (Fsp3) is 0.400. The molecule has 0 bridgehead atoms. The number of hydrogen-bond acceptors (Lipinski definition) is 4. The van der Waals surface area contributed by atoms with Gasteiger partial charge >= 0.3 is 6.03 Å². The summed E-state index contributed by atoms with van der Waals surface area (Å²) in [6.45, 7) is 4.20. The number of carbonyl (C=O) groups is 1. The lowest BCUT2D eigenvalue weighted by atomic mass is 10.1. The van der Waals surface area contributed by atoms with Gasteiger partial charge in [0.25, 0.3) is 0 Å². The average molecular weight is 303 g/mol. The van der Waals surface area contributed by atoms with Crippen molar-refractivity contribution in [2.75, 3.05) is 6.61 Å². The molecule has 7 heteroatoms. The third-order valence-corrected chi connectivity index (χ3v) is 3.57. The van der Waals surface area contributed by atoms with Crippen molar-refractivity contribution in [3.63, 3.8) is 0 Å². The molecule has 4 N–H and O–H groups in total. The van der Waals surface area contributed by atoms with E-state index in [0.717, 1.165) is 11.1 Å². The van der Waals surface area contributed by atoms with E-state index in [1.807, 2.05) is 38.1 Å². The molecule has 2 aromatic rings. The summed E-state index contributed by atoms with van der Waals surface area (Å²) in [6, 6.07) is 7.36. The van der Waals surface area contributed by atoms with E-state index in [0.29, 0.717) is 12.4 Å². The molecule has 2 rings (SSSR count). The zero-order valence-corrected chi connectivity index (χ0v) is 12.7. The topological polar surface area (TPSA) is 103 Å². The van der Waals surface area contributed by atoms with Crippen molar-refractivity contribution >= 4 is 6.03 Å². The number of aliphatic hydroxyl groups excluding tert-OH is 1. The molecule has 1 heterocycles. The Morgan fingerprint density at radius 2 is 2.23 bits per heavy atom. The summed E-state index contributed by atoms with van der Waals surface area (Å²) >= 11 is 0. The Morgan fingerprint density at radius 1 is 1.41 bits per heavy atom. The third-order valence-electron chi connectivity index (χ3n) is 3.57. The standard InChI is InChI=1S/C15H21N5O2/c1-10(8-21)11(2)19-15(22)16-7-12-4-3-5-13(6-12)14-17-9-18-20-14/h3-6,9-11,21H,7-8H2,1-2H3,(H2,16,19,22)(H,17,18,20). The van der Waals surface area contributed by atoms with Crippen LogP contribution in [-0.4, -0.2) is 39.0 Å². The van der Waals surface area contributed by atoms with E-state index in [9.17, 15) is 4.79 Å². The summed E-state index contributed by atoms with van der Waals surface area (Å²) in [5.41, 5.74) is 1.88. The molecule has 2 unspecified atom stereocenters. The van der Waals surface area contributed by atoms with Crippen molar-refractivity contribution in [1.82, 2.24) is 25.8 Å². The van der Waals surface area contributed by atoms with Gasteiger partial charge in [-0.25, -0.2) is 9.78 Å². The van der Waals surface area contributed by atoms with E-state index in [2.05, 4.69) is 25.8 Å². The molecule has 0 radical (unpaired) electrons. The van der Waals surface area contributed by atoms with E-state index in [-0.39, 0.29) is 24.6 Å². The number of aromatic amines is 1. The smallest absolute Gasteiger partial charge is 0.315 e. The summed E-state index contributed by atoms with van der Waals surface area (Å²) in [5, 5.41) is 21.3. The van der Waals surface area contributed by atoms with Crippen molar-refractivity contribution in [3.05, 3.63) is 36.2 Å². The van der Waals surface area contributed by atoms with Crippen molar-refractivity contribution in [2.45, 2.75) is 26.4 Å². The lowest BCUT2D eigenvalue weighted by Gasteiger charge is -2.19. The molecule has 2 amide bonds. The molecular formula is C15H21N5O2. The molecule has 1 aromatic heterocycles. The quantitative estimate of drug-likeness (QED) is 0.645. The molecule has 7 nitrogen and oxygen atoms in total. The molecular weight excluding hydrogens is 282 g/mol. The first-order valence-electron chi connectivity index (χ1n) is 7.20. The first kappa shape index (κ1) is 16.0. The minimum atomic E-state index is -0.252. The SMILES string of the molecule is CC(CO)C(C)NC(=O)NCc1cccc(-c2ncn[nH]2)c1. The number of rotatable bonds is 6. The molecule has 1 aromatic carbocycles. The van der Waals surface area contributed by atoms with Gasteiger partial charge in [-0.05, 0) is 24.5 Å². The fourth-order valence-corrected chi connectivity index (χ4v) is 1.91. The zero-order chi connectivity index (χ0) is 15.9. The number of aromatic nitrogens is 3. The van der Waals surface area contributed by atoms with Crippen LogP contribution in [0, 0.1) is 5.92 Å². The van der Waals surface area contributed by atoms with Crippen molar-refractivity contribution in [3.8, 4) is 11.4 Å². The zero-order valence-electron chi connectivity index (χ0n) is 12.7. The summed E-state index contributed by atoms with van der Waals surface area (Å²) in [7, 11) is 0. The predicted octanol–water partition coefficient (Wildman–Crippen LogP) is 1.29. The van der Waals surface area contributed by atoms with Crippen LogP contribution in [0.5, 0.6) is 0 Å². The highest BCUT2D eigenvalue weighted by atomic mass is 16.3. The second-order valence-electron chi connectivity index (χ2n) is 5.31. The van der Waals surface area contributed by atoms with E-state index in [1.54, 1.807) is 0 Å². The molecule has 0 saturated heterocycles. The summed E-state index contributed by atoms with van der Waals surface area (Å²) in [6.07, 6.45) is 1.46. The number of carbonyl (C=O) groups excluding carboxylic acids is 1. The monoisotopic (exact) mass is 303 g/mol. The molecule has 0 saturated carbocycles. The number of aliphatic hydroxyl groups is 1. The van der Waals surface area contributed by atoms with E-state index in [1.165, 1.54) is 6.33 Å². The maximum Gasteiger partial charge on any atom is 0.315 e. The Bertz CT molecular complexity index is 600. The van der Waals surface area contributed by atoms with Crippen LogP contribution in [0.2, 0.25) is 0 Å². The Hall–Kier alpha value is -2.41. The van der Waals surface area contributed by atoms with Crippen LogP contribution in [0.1, 0.15) is 19.4 Å². The fourth-order valence-electron chi connectivity index (χ4n) is 1.91. The number of nitrogens with one attached hydrogen (secondary N) is 3. The largest absolute Gasteiger partial charge is 0.396 e. The van der Waals surface area contributed by atoms with Crippen LogP contribution in [0.3, 0.4) is 0 Å². The maximum absolute atomic E-state index is 11.8. The van der Waals surface area contributed by atoms with Gasteiger partial charge in [0, 0.05) is 24.8 Å². The first-order chi connectivity index (χ1) is 10.6. The molecule has 2 atom stereocenters. The van der Waals surface area contributed by atoms with Crippen LogP contribution >= 0.6 is 0 Å². The Kier molecular flexibility index (Phi) is 5.48. The molecule has 0 aliphatic carbocycles. The average Bonchev–Trinajstić information content (AvgIpc) is 3.07. The predicted molar refractivity (Wildman–Crippen MR) is 82.9 cm³/mol. The van der Waals surface area contributed by atoms with Gasteiger partial charge in [0.1, 0.15) is 6.33 Å². The minimum Gasteiger partial charge on any atom is -0.396 e. The van der Waals surface area contributed by atoms with Crippen LogP contribution in [-0.2, 0) is 6.54 Å². The van der Waals surface area contributed by atoms with Gasteiger partial charge in [-0.1, -0.05) is 25.1 Å². The second kappa shape index (κ2) is 7.56. The molecule has 22 heavy (non-hydrogen) atoms. The normalized spacial score (nSPS) is 13.4. The number of nitrogens with zero attached hydrogens (tertiary/aromatic N) is 2. The van der Waals surface area contributed by atoms with Gasteiger partial charge in [-0.2, -0.15) is 5.10 Å². The summed E-state index contributed by atoms with van der Waals surface area (Å²) < 4.78 is 0. The van der Waals surface area contributed by atoms with Gasteiger partial charge in [0.15, 0.2) is 5.82 Å². The molecule has 118 valence electrons. The summed E-state index contributed by atoms with van der Waals surface area (Å²) in [5.74, 6) is 0.706. The van der Waals surface area contributed by atoms with Crippen LogP contribution < -0.4 is 10.6 Å². The van der Waals surface area contributed by atoms with Crippen molar-refractivity contribution < 1.29 is 9.90 Å². The van der Waals surface area contributed by atoms with E-state index < -0.39 is 0 Å². The minimum absolute atomic E-state index is 0.0144. The first-order valence-corrected chi connectivity index (χ1v) is 7.20. The third kappa shape index (κ3) is 4.29. The van der Waals surface area contributed by atoms with Crippen LogP contribution in [0.25, 0.3) is 11.4 Å². The van der Waals surface area contributed by atoms with Gasteiger partial charge in [-0.15, -0.1) is 0 Å². The van der Waals surface area contributed by atoms with Crippen molar-refractivity contribution in [1.29, 1.82) is 0 Å². The lowest BCUT2D eigenvalue weighted by Crippen LogP contribution is -2.43. The van der Waals surface area contributed by atoms with Crippen molar-refractivity contribution in [2.24, 2.45) is 5.92 Å². The number of amides is 2. The Balaban J connectivity index is 1.89.